The van der Waals surface area contributed by atoms with E-state index in [0.29, 0.717) is 17.4 Å². The lowest BCUT2D eigenvalue weighted by molar-refractivity contribution is 0.0783. The van der Waals surface area contributed by atoms with Crippen molar-refractivity contribution in [3.63, 3.8) is 0 Å². The van der Waals surface area contributed by atoms with Crippen LogP contribution in [0, 0.1) is 11.8 Å². The molecule has 2 aliphatic rings. The number of pyridine rings is 1. The summed E-state index contributed by atoms with van der Waals surface area (Å²) in [6.07, 6.45) is 4.91. The van der Waals surface area contributed by atoms with Gasteiger partial charge in [-0.05, 0) is 30.7 Å². The third-order valence-electron chi connectivity index (χ3n) is 4.47. The molecule has 0 spiro atoms. The van der Waals surface area contributed by atoms with Gasteiger partial charge in [0.2, 0.25) is 5.56 Å². The van der Waals surface area contributed by atoms with Gasteiger partial charge in [-0.3, -0.25) is 9.59 Å². The van der Waals surface area contributed by atoms with Gasteiger partial charge in [-0.2, -0.15) is 0 Å². The molecule has 1 aromatic rings. The van der Waals surface area contributed by atoms with Crippen molar-refractivity contribution in [1.29, 1.82) is 0 Å². The molecule has 0 radical (unpaired) electrons. The smallest absolute Gasteiger partial charge is 0.255 e. The lowest BCUT2D eigenvalue weighted by atomic mass is 9.78. The summed E-state index contributed by atoms with van der Waals surface area (Å²) in [5.74, 6) is 0.994. The molecule has 3 N–H and O–H groups in total. The van der Waals surface area contributed by atoms with Gasteiger partial charge in [0.25, 0.3) is 5.91 Å². The molecule has 1 saturated heterocycles. The molecule has 3 atom stereocenters. The molecule has 3 rings (SSSR count). The number of carbonyl (C=O) groups excluding carboxylic acids is 1. The van der Waals surface area contributed by atoms with Crippen molar-refractivity contribution in [1.82, 2.24) is 9.88 Å². The van der Waals surface area contributed by atoms with Crippen molar-refractivity contribution >= 4 is 5.91 Å². The Balaban J connectivity index is 1.75. The highest BCUT2D eigenvalue weighted by Crippen LogP contribution is 2.35. The Morgan fingerprint density at radius 1 is 1.32 bits per heavy atom. The highest BCUT2D eigenvalue weighted by atomic mass is 16.2. The lowest BCUT2D eigenvalue weighted by Crippen LogP contribution is -2.38. The number of carbonyl (C=O) groups is 1. The average Bonchev–Trinajstić information content (AvgIpc) is 2.84. The number of hydrogen-bond donors (Lipinski definition) is 2. The summed E-state index contributed by atoms with van der Waals surface area (Å²) in [6.45, 7) is 1.56. The van der Waals surface area contributed by atoms with Crippen molar-refractivity contribution in [3.05, 3.63) is 34.2 Å². The topological polar surface area (TPSA) is 79.2 Å². The Kier molecular flexibility index (Phi) is 3.14. The minimum atomic E-state index is -0.186. The van der Waals surface area contributed by atoms with Gasteiger partial charge in [-0.15, -0.1) is 0 Å². The van der Waals surface area contributed by atoms with Crippen LogP contribution in [0.5, 0.6) is 0 Å². The first kappa shape index (κ1) is 12.4. The molecule has 1 aliphatic carbocycles. The van der Waals surface area contributed by atoms with Crippen LogP contribution in [0.4, 0.5) is 0 Å². The second kappa shape index (κ2) is 4.81. The SMILES string of the molecule is NC1CCCC2CN(C(=O)c3ccc(=O)[nH]c3)CC12. The van der Waals surface area contributed by atoms with E-state index in [9.17, 15) is 9.59 Å². The van der Waals surface area contributed by atoms with Gasteiger partial charge in [0, 0.05) is 31.4 Å². The number of amides is 1. The number of H-pyrrole nitrogens is 1. The van der Waals surface area contributed by atoms with E-state index in [2.05, 4.69) is 4.98 Å². The summed E-state index contributed by atoms with van der Waals surface area (Å²) in [7, 11) is 0. The van der Waals surface area contributed by atoms with Crippen LogP contribution in [0.25, 0.3) is 0 Å². The molecule has 19 heavy (non-hydrogen) atoms. The summed E-state index contributed by atoms with van der Waals surface area (Å²) >= 11 is 0. The van der Waals surface area contributed by atoms with Crippen molar-refractivity contribution < 1.29 is 4.79 Å². The molecule has 102 valence electrons. The van der Waals surface area contributed by atoms with E-state index in [1.165, 1.54) is 25.1 Å². The molecule has 3 unspecified atom stereocenters. The Morgan fingerprint density at radius 2 is 2.16 bits per heavy atom. The number of nitrogens with zero attached hydrogens (tertiary/aromatic N) is 1. The second-order valence-corrected chi connectivity index (χ2v) is 5.67. The van der Waals surface area contributed by atoms with Crippen LogP contribution < -0.4 is 11.3 Å². The van der Waals surface area contributed by atoms with E-state index in [0.717, 1.165) is 19.5 Å². The van der Waals surface area contributed by atoms with Crippen LogP contribution >= 0.6 is 0 Å². The van der Waals surface area contributed by atoms with Crippen LogP contribution in [-0.4, -0.2) is 34.9 Å². The first-order valence-corrected chi connectivity index (χ1v) is 6.89. The predicted octanol–water partition coefficient (Wildman–Crippen LogP) is 0.574. The normalized spacial score (nSPS) is 30.2. The molecule has 0 aromatic carbocycles. The number of rotatable bonds is 1. The summed E-state index contributed by atoms with van der Waals surface area (Å²) in [4.78, 5) is 27.8. The third kappa shape index (κ3) is 2.30. The highest BCUT2D eigenvalue weighted by molar-refractivity contribution is 5.94. The van der Waals surface area contributed by atoms with E-state index < -0.39 is 0 Å². The standard InChI is InChI=1S/C14H19N3O2/c15-12-3-1-2-10-7-17(8-11(10)12)14(19)9-4-5-13(18)16-6-9/h4-6,10-12H,1-3,7-8,15H2,(H,16,18). The Bertz CT molecular complexity index is 519. The zero-order chi connectivity index (χ0) is 13.4. The monoisotopic (exact) mass is 261 g/mol. The van der Waals surface area contributed by atoms with E-state index >= 15 is 0 Å². The van der Waals surface area contributed by atoms with Crippen molar-refractivity contribution in [2.24, 2.45) is 17.6 Å². The fourth-order valence-corrected chi connectivity index (χ4v) is 3.41. The van der Waals surface area contributed by atoms with Crippen molar-refractivity contribution in [3.8, 4) is 0 Å². The molecule has 1 amide bonds. The second-order valence-electron chi connectivity index (χ2n) is 5.67. The number of aromatic amines is 1. The fourth-order valence-electron chi connectivity index (χ4n) is 3.41. The number of fused-ring (bicyclic) bond motifs is 1. The van der Waals surface area contributed by atoms with Gasteiger partial charge in [0.1, 0.15) is 0 Å². The molecule has 5 nitrogen and oxygen atoms in total. The maximum atomic E-state index is 12.4. The maximum Gasteiger partial charge on any atom is 0.255 e. The van der Waals surface area contributed by atoms with Gasteiger partial charge in [-0.1, -0.05) is 6.42 Å². The number of aromatic nitrogens is 1. The molecule has 1 aromatic heterocycles. The van der Waals surface area contributed by atoms with Crippen molar-refractivity contribution in [2.45, 2.75) is 25.3 Å². The van der Waals surface area contributed by atoms with E-state index in [1.807, 2.05) is 4.90 Å². The summed E-state index contributed by atoms with van der Waals surface area (Å²) in [5.41, 5.74) is 6.52. The highest BCUT2D eigenvalue weighted by Gasteiger charge is 2.40. The molecular weight excluding hydrogens is 242 g/mol. The fraction of sp³-hybridized carbons (Fsp3) is 0.571. The van der Waals surface area contributed by atoms with Crippen LogP contribution in [0.2, 0.25) is 0 Å². The molecule has 2 heterocycles. The quantitative estimate of drug-likeness (QED) is 0.776. The average molecular weight is 261 g/mol. The Morgan fingerprint density at radius 3 is 2.84 bits per heavy atom. The number of likely N-dealkylation sites (tertiary alicyclic amines) is 1. The van der Waals surface area contributed by atoms with Gasteiger partial charge in [0.05, 0.1) is 5.56 Å². The molecule has 1 saturated carbocycles. The molecular formula is C14H19N3O2. The molecule has 1 aliphatic heterocycles. The van der Waals surface area contributed by atoms with Crippen molar-refractivity contribution in [2.75, 3.05) is 13.1 Å². The molecule has 2 fully saturated rings. The first-order chi connectivity index (χ1) is 9.15. The largest absolute Gasteiger partial charge is 0.338 e. The number of nitrogens with one attached hydrogen (secondary N) is 1. The summed E-state index contributed by atoms with van der Waals surface area (Å²) in [5, 5.41) is 0. The third-order valence-corrected chi connectivity index (χ3v) is 4.47. The van der Waals surface area contributed by atoms with Gasteiger partial charge >= 0.3 is 0 Å². The predicted molar refractivity (Wildman–Crippen MR) is 71.8 cm³/mol. The zero-order valence-electron chi connectivity index (χ0n) is 10.8. The summed E-state index contributed by atoms with van der Waals surface area (Å²) in [6, 6.07) is 3.21. The first-order valence-electron chi connectivity index (χ1n) is 6.89. The van der Waals surface area contributed by atoms with E-state index in [-0.39, 0.29) is 17.5 Å². The van der Waals surface area contributed by atoms with E-state index in [1.54, 1.807) is 6.07 Å². The van der Waals surface area contributed by atoms with Crippen LogP contribution in [-0.2, 0) is 0 Å². The minimum Gasteiger partial charge on any atom is -0.338 e. The van der Waals surface area contributed by atoms with Crippen LogP contribution in [0.1, 0.15) is 29.6 Å². The van der Waals surface area contributed by atoms with E-state index in [4.69, 9.17) is 5.73 Å². The number of nitrogens with two attached hydrogens (primary N) is 1. The molecule has 0 bridgehead atoms. The van der Waals surface area contributed by atoms with Gasteiger partial charge in [-0.25, -0.2) is 0 Å². The summed E-state index contributed by atoms with van der Waals surface area (Å²) < 4.78 is 0. The van der Waals surface area contributed by atoms with Crippen LogP contribution in [0.15, 0.2) is 23.1 Å². The lowest BCUT2D eigenvalue weighted by Gasteiger charge is -2.29. The minimum absolute atomic E-state index is 0.00199. The zero-order valence-corrected chi connectivity index (χ0v) is 10.8. The molecule has 5 heteroatoms. The Labute approximate surface area is 111 Å². The van der Waals surface area contributed by atoms with Gasteiger partial charge in [0.15, 0.2) is 0 Å². The Hall–Kier alpha value is -1.62. The maximum absolute atomic E-state index is 12.4. The number of hydrogen-bond acceptors (Lipinski definition) is 3. The van der Waals surface area contributed by atoms with Crippen LogP contribution in [0.3, 0.4) is 0 Å². The van der Waals surface area contributed by atoms with Gasteiger partial charge < -0.3 is 15.6 Å².